The minimum Gasteiger partial charge on any atom is -0.493 e. The zero-order valence-electron chi connectivity index (χ0n) is 10.5. The van der Waals surface area contributed by atoms with Crippen LogP contribution < -0.4 is 9.47 Å². The molecule has 0 bridgehead atoms. The zero-order valence-corrected chi connectivity index (χ0v) is 10.5. The normalized spacial score (nSPS) is 12.1. The molecule has 0 radical (unpaired) electrons. The molecule has 0 aliphatic carbocycles. The fourth-order valence-corrected chi connectivity index (χ4v) is 1.49. The molecule has 0 aliphatic rings. The fraction of sp³-hybridized carbons (Fsp3) is 0.462. The highest BCUT2D eigenvalue weighted by molar-refractivity contribution is 5.98. The second kappa shape index (κ2) is 5.66. The molecule has 1 aromatic rings. The molecule has 1 unspecified atom stereocenters. The number of methoxy groups -OCH3 is 2. The molecule has 0 heterocycles. The van der Waals surface area contributed by atoms with E-state index in [9.17, 15) is 9.18 Å². The number of hydrogen-bond acceptors (Lipinski definition) is 3. The van der Waals surface area contributed by atoms with E-state index in [1.54, 1.807) is 6.92 Å². The predicted octanol–water partition coefficient (Wildman–Crippen LogP) is 3.07. The Morgan fingerprint density at radius 3 is 2.29 bits per heavy atom. The van der Waals surface area contributed by atoms with Crippen LogP contribution in [0.15, 0.2) is 12.1 Å². The first-order valence-corrected chi connectivity index (χ1v) is 5.50. The van der Waals surface area contributed by atoms with E-state index in [0.29, 0.717) is 12.2 Å². The van der Waals surface area contributed by atoms with Gasteiger partial charge in [-0.2, -0.15) is 0 Å². The third kappa shape index (κ3) is 2.75. The fourth-order valence-electron chi connectivity index (χ4n) is 1.49. The lowest BCUT2D eigenvalue weighted by Gasteiger charge is -2.12. The second-order valence-corrected chi connectivity index (χ2v) is 3.86. The van der Waals surface area contributed by atoms with Crippen LogP contribution in [0.4, 0.5) is 4.39 Å². The van der Waals surface area contributed by atoms with E-state index >= 15 is 0 Å². The average molecular weight is 240 g/mol. The molecule has 0 N–H and O–H groups in total. The first kappa shape index (κ1) is 13.5. The van der Waals surface area contributed by atoms with Gasteiger partial charge in [-0.1, -0.05) is 13.8 Å². The van der Waals surface area contributed by atoms with E-state index in [2.05, 4.69) is 0 Å². The van der Waals surface area contributed by atoms with Crippen LogP contribution >= 0.6 is 0 Å². The topological polar surface area (TPSA) is 35.5 Å². The maximum atomic E-state index is 13.7. The van der Waals surface area contributed by atoms with Gasteiger partial charge in [0.15, 0.2) is 17.3 Å². The van der Waals surface area contributed by atoms with Crippen LogP contribution in [-0.4, -0.2) is 20.0 Å². The van der Waals surface area contributed by atoms with Crippen molar-refractivity contribution in [3.8, 4) is 11.5 Å². The number of ketones is 1. The molecule has 0 saturated carbocycles. The quantitative estimate of drug-likeness (QED) is 0.742. The number of Topliss-reactive ketones (excluding diaryl/α,β-unsaturated/α-hetero) is 1. The van der Waals surface area contributed by atoms with Crippen molar-refractivity contribution in [1.29, 1.82) is 0 Å². The van der Waals surface area contributed by atoms with Gasteiger partial charge in [0.1, 0.15) is 5.82 Å². The van der Waals surface area contributed by atoms with Crippen LogP contribution in [0.1, 0.15) is 30.6 Å². The standard InChI is InChI=1S/C13H17FO3/c1-5-8(2)13(15)9-6-11(16-3)12(17-4)7-10(9)14/h6-8H,5H2,1-4H3. The van der Waals surface area contributed by atoms with Crippen LogP contribution in [0, 0.1) is 11.7 Å². The summed E-state index contributed by atoms with van der Waals surface area (Å²) >= 11 is 0. The van der Waals surface area contributed by atoms with Gasteiger partial charge in [0, 0.05) is 12.0 Å². The Bertz CT molecular complexity index is 415. The Labute approximate surface area is 101 Å². The van der Waals surface area contributed by atoms with Crippen molar-refractivity contribution in [2.45, 2.75) is 20.3 Å². The summed E-state index contributed by atoms with van der Waals surface area (Å²) in [4.78, 5) is 11.9. The van der Waals surface area contributed by atoms with Gasteiger partial charge in [0.25, 0.3) is 0 Å². The van der Waals surface area contributed by atoms with Gasteiger partial charge in [0.2, 0.25) is 0 Å². The zero-order chi connectivity index (χ0) is 13.0. The molecule has 0 aromatic heterocycles. The van der Waals surface area contributed by atoms with Gasteiger partial charge < -0.3 is 9.47 Å². The second-order valence-electron chi connectivity index (χ2n) is 3.86. The van der Waals surface area contributed by atoms with E-state index in [-0.39, 0.29) is 23.0 Å². The third-order valence-corrected chi connectivity index (χ3v) is 2.80. The molecule has 4 heteroatoms. The van der Waals surface area contributed by atoms with E-state index < -0.39 is 5.82 Å². The van der Waals surface area contributed by atoms with Gasteiger partial charge in [-0.25, -0.2) is 4.39 Å². The highest BCUT2D eigenvalue weighted by atomic mass is 19.1. The Morgan fingerprint density at radius 2 is 1.82 bits per heavy atom. The molecule has 0 saturated heterocycles. The van der Waals surface area contributed by atoms with Crippen LogP contribution in [0.25, 0.3) is 0 Å². The Morgan fingerprint density at radius 1 is 1.29 bits per heavy atom. The summed E-state index contributed by atoms with van der Waals surface area (Å²) < 4.78 is 23.8. The first-order valence-electron chi connectivity index (χ1n) is 5.50. The summed E-state index contributed by atoms with van der Waals surface area (Å²) in [6, 6.07) is 2.57. The Balaban J connectivity index is 3.21. The summed E-state index contributed by atoms with van der Waals surface area (Å²) in [7, 11) is 2.88. The van der Waals surface area contributed by atoms with Crippen molar-refractivity contribution in [1.82, 2.24) is 0 Å². The number of benzene rings is 1. The molecule has 94 valence electrons. The van der Waals surface area contributed by atoms with Crippen molar-refractivity contribution in [2.24, 2.45) is 5.92 Å². The number of ether oxygens (including phenoxy) is 2. The number of rotatable bonds is 5. The molecule has 1 atom stereocenters. The minimum absolute atomic E-state index is 0.0528. The smallest absolute Gasteiger partial charge is 0.168 e. The Hall–Kier alpha value is -1.58. The van der Waals surface area contributed by atoms with Crippen molar-refractivity contribution >= 4 is 5.78 Å². The lowest BCUT2D eigenvalue weighted by atomic mass is 9.96. The minimum atomic E-state index is -0.576. The van der Waals surface area contributed by atoms with Gasteiger partial charge in [-0.15, -0.1) is 0 Å². The van der Waals surface area contributed by atoms with Crippen LogP contribution in [0.5, 0.6) is 11.5 Å². The highest BCUT2D eigenvalue weighted by Crippen LogP contribution is 2.31. The largest absolute Gasteiger partial charge is 0.493 e. The van der Waals surface area contributed by atoms with E-state index in [1.165, 1.54) is 26.4 Å². The molecule has 0 fully saturated rings. The first-order chi connectivity index (χ1) is 8.04. The van der Waals surface area contributed by atoms with Crippen molar-refractivity contribution < 1.29 is 18.7 Å². The molecule has 0 spiro atoms. The third-order valence-electron chi connectivity index (χ3n) is 2.80. The maximum absolute atomic E-state index is 13.7. The maximum Gasteiger partial charge on any atom is 0.168 e. The number of halogens is 1. The summed E-state index contributed by atoms with van der Waals surface area (Å²) in [5.41, 5.74) is 0.0528. The predicted molar refractivity (Wildman–Crippen MR) is 63.3 cm³/mol. The molecule has 0 amide bonds. The molecular weight excluding hydrogens is 223 g/mol. The molecule has 0 aliphatic heterocycles. The van der Waals surface area contributed by atoms with E-state index in [0.717, 1.165) is 0 Å². The van der Waals surface area contributed by atoms with Crippen LogP contribution in [0.3, 0.4) is 0 Å². The summed E-state index contributed by atoms with van der Waals surface area (Å²) in [5, 5.41) is 0. The summed E-state index contributed by atoms with van der Waals surface area (Å²) in [6.07, 6.45) is 0.673. The highest BCUT2D eigenvalue weighted by Gasteiger charge is 2.20. The van der Waals surface area contributed by atoms with Crippen molar-refractivity contribution in [3.05, 3.63) is 23.5 Å². The van der Waals surface area contributed by atoms with E-state index in [1.807, 2.05) is 6.92 Å². The number of carbonyl (C=O) groups excluding carboxylic acids is 1. The van der Waals surface area contributed by atoms with Gasteiger partial charge in [-0.3, -0.25) is 4.79 Å². The lowest BCUT2D eigenvalue weighted by Crippen LogP contribution is -2.12. The molecular formula is C13H17FO3. The SMILES string of the molecule is CCC(C)C(=O)c1cc(OC)c(OC)cc1F. The molecule has 17 heavy (non-hydrogen) atoms. The summed E-state index contributed by atoms with van der Waals surface area (Å²) in [5.74, 6) is -0.354. The van der Waals surface area contributed by atoms with E-state index in [4.69, 9.17) is 9.47 Å². The van der Waals surface area contributed by atoms with Crippen LogP contribution in [0.2, 0.25) is 0 Å². The monoisotopic (exact) mass is 240 g/mol. The van der Waals surface area contributed by atoms with Gasteiger partial charge in [0.05, 0.1) is 19.8 Å². The van der Waals surface area contributed by atoms with Gasteiger partial charge >= 0.3 is 0 Å². The Kier molecular flexibility index (Phi) is 4.49. The molecule has 1 aromatic carbocycles. The number of hydrogen-bond donors (Lipinski definition) is 0. The average Bonchev–Trinajstić information content (AvgIpc) is 2.36. The van der Waals surface area contributed by atoms with Crippen molar-refractivity contribution in [2.75, 3.05) is 14.2 Å². The lowest BCUT2D eigenvalue weighted by molar-refractivity contribution is 0.0922. The van der Waals surface area contributed by atoms with Gasteiger partial charge in [-0.05, 0) is 12.5 Å². The van der Waals surface area contributed by atoms with Crippen molar-refractivity contribution in [3.63, 3.8) is 0 Å². The molecule has 1 rings (SSSR count). The molecule has 3 nitrogen and oxygen atoms in total. The number of carbonyl (C=O) groups is 1. The summed E-state index contributed by atoms with van der Waals surface area (Å²) in [6.45, 7) is 3.67. The van der Waals surface area contributed by atoms with Crippen LogP contribution in [-0.2, 0) is 0 Å².